The van der Waals surface area contributed by atoms with Crippen LogP contribution in [0, 0.1) is 5.82 Å². The average molecular weight is 258 g/mol. The molecule has 1 aliphatic heterocycles. The van der Waals surface area contributed by atoms with Gasteiger partial charge in [-0.1, -0.05) is 18.5 Å². The molecule has 4 heteroatoms. The third-order valence-corrected chi connectivity index (χ3v) is 3.22. The van der Waals surface area contributed by atoms with E-state index in [0.717, 1.165) is 18.5 Å². The zero-order valence-electron chi connectivity index (χ0n) is 10.3. The highest BCUT2D eigenvalue weighted by Gasteiger charge is 2.34. The molecule has 2 nitrogen and oxygen atoms in total. The minimum atomic E-state index is -0.319. The number of nitrogens with one attached hydrogen (secondary N) is 1. The number of ether oxygens (including phenoxy) is 1. The lowest BCUT2D eigenvalue weighted by atomic mass is 9.89. The molecular formula is C13H17ClFNO. The van der Waals surface area contributed by atoms with Crippen LogP contribution in [0.15, 0.2) is 12.1 Å². The minimum Gasteiger partial charge on any atom is -0.486 e. The highest BCUT2D eigenvalue weighted by atomic mass is 35.5. The Hall–Kier alpha value is -0.800. The lowest BCUT2D eigenvalue weighted by Crippen LogP contribution is -2.39. The zero-order chi connectivity index (χ0) is 12.6. The van der Waals surface area contributed by atoms with Gasteiger partial charge in [0.05, 0.1) is 5.02 Å². The Morgan fingerprint density at radius 3 is 2.88 bits per heavy atom. The first-order valence-corrected chi connectivity index (χ1v) is 6.22. The molecule has 1 heterocycles. The van der Waals surface area contributed by atoms with Crippen molar-refractivity contribution in [3.05, 3.63) is 28.5 Å². The summed E-state index contributed by atoms with van der Waals surface area (Å²) in [5.74, 6) is 0.287. The predicted octanol–water partition coefficient (Wildman–Crippen LogP) is 3.69. The van der Waals surface area contributed by atoms with Crippen molar-refractivity contribution in [1.82, 2.24) is 5.32 Å². The van der Waals surface area contributed by atoms with Crippen LogP contribution >= 0.6 is 11.6 Å². The van der Waals surface area contributed by atoms with Gasteiger partial charge in [0.15, 0.2) is 0 Å². The second-order valence-electron chi connectivity index (χ2n) is 4.98. The largest absolute Gasteiger partial charge is 0.486 e. The Balaban J connectivity index is 2.48. The Labute approximate surface area is 106 Å². The fourth-order valence-corrected chi connectivity index (χ4v) is 2.55. The second kappa shape index (κ2) is 4.46. The van der Waals surface area contributed by atoms with Gasteiger partial charge >= 0.3 is 0 Å². The summed E-state index contributed by atoms with van der Waals surface area (Å²) in [6.45, 7) is 6.89. The molecule has 0 amide bonds. The van der Waals surface area contributed by atoms with E-state index in [1.807, 2.05) is 20.8 Å². The first-order chi connectivity index (χ1) is 7.93. The Morgan fingerprint density at radius 2 is 2.24 bits per heavy atom. The van der Waals surface area contributed by atoms with Gasteiger partial charge in [-0.15, -0.1) is 0 Å². The number of hydrogen-bond donors (Lipinski definition) is 1. The van der Waals surface area contributed by atoms with Gasteiger partial charge in [-0.05, 0) is 32.5 Å². The fourth-order valence-electron chi connectivity index (χ4n) is 2.29. The van der Waals surface area contributed by atoms with E-state index in [9.17, 15) is 4.39 Å². The van der Waals surface area contributed by atoms with Crippen LogP contribution in [0.5, 0.6) is 5.75 Å². The third kappa shape index (κ3) is 2.55. The van der Waals surface area contributed by atoms with Crippen LogP contribution in [0.25, 0.3) is 0 Å². The molecule has 0 radical (unpaired) electrons. The van der Waals surface area contributed by atoms with E-state index in [2.05, 4.69) is 5.32 Å². The van der Waals surface area contributed by atoms with Crippen LogP contribution in [0.2, 0.25) is 5.02 Å². The van der Waals surface area contributed by atoms with Crippen molar-refractivity contribution < 1.29 is 9.13 Å². The van der Waals surface area contributed by atoms with Crippen LogP contribution in [-0.4, -0.2) is 12.1 Å². The van der Waals surface area contributed by atoms with Crippen LogP contribution in [0.1, 0.15) is 38.8 Å². The second-order valence-corrected chi connectivity index (χ2v) is 5.39. The molecule has 1 aliphatic rings. The van der Waals surface area contributed by atoms with E-state index < -0.39 is 0 Å². The molecule has 1 unspecified atom stereocenters. The number of benzene rings is 1. The van der Waals surface area contributed by atoms with E-state index in [4.69, 9.17) is 16.3 Å². The lowest BCUT2D eigenvalue weighted by molar-refractivity contribution is 0.0663. The van der Waals surface area contributed by atoms with E-state index >= 15 is 0 Å². The van der Waals surface area contributed by atoms with Gasteiger partial charge in [-0.3, -0.25) is 0 Å². The van der Waals surface area contributed by atoms with E-state index in [0.29, 0.717) is 10.8 Å². The monoisotopic (exact) mass is 257 g/mol. The van der Waals surface area contributed by atoms with Gasteiger partial charge in [0, 0.05) is 18.0 Å². The van der Waals surface area contributed by atoms with Crippen molar-refractivity contribution in [3.63, 3.8) is 0 Å². The van der Waals surface area contributed by atoms with Gasteiger partial charge in [0.25, 0.3) is 0 Å². The molecular weight excluding hydrogens is 241 g/mol. The van der Waals surface area contributed by atoms with Crippen molar-refractivity contribution in [1.29, 1.82) is 0 Å². The molecule has 1 aromatic rings. The van der Waals surface area contributed by atoms with Crippen molar-refractivity contribution in [2.45, 2.75) is 38.8 Å². The maximum absolute atomic E-state index is 13.4. The van der Waals surface area contributed by atoms with Crippen LogP contribution in [0.3, 0.4) is 0 Å². The molecule has 0 bridgehead atoms. The molecule has 17 heavy (non-hydrogen) atoms. The number of fused-ring (bicyclic) bond motifs is 1. The van der Waals surface area contributed by atoms with Crippen molar-refractivity contribution in [2.24, 2.45) is 0 Å². The van der Waals surface area contributed by atoms with E-state index in [1.165, 1.54) is 12.1 Å². The summed E-state index contributed by atoms with van der Waals surface area (Å²) >= 11 is 6.05. The quantitative estimate of drug-likeness (QED) is 0.873. The lowest BCUT2D eigenvalue weighted by Gasteiger charge is -2.38. The first kappa shape index (κ1) is 12.7. The van der Waals surface area contributed by atoms with Crippen LogP contribution < -0.4 is 10.1 Å². The molecule has 94 valence electrons. The summed E-state index contributed by atoms with van der Waals surface area (Å²) < 4.78 is 19.2. The SMILES string of the molecule is CCNC1CC(C)(C)Oc2c(Cl)cc(F)cc21. The smallest absolute Gasteiger partial charge is 0.143 e. The van der Waals surface area contributed by atoms with Crippen molar-refractivity contribution in [3.8, 4) is 5.75 Å². The van der Waals surface area contributed by atoms with Gasteiger partial charge < -0.3 is 10.1 Å². The Kier molecular flexibility index (Phi) is 3.32. The van der Waals surface area contributed by atoms with Crippen LogP contribution in [0.4, 0.5) is 4.39 Å². The summed E-state index contributed by atoms with van der Waals surface area (Å²) in [5, 5.41) is 3.69. The number of hydrogen-bond acceptors (Lipinski definition) is 2. The maximum atomic E-state index is 13.4. The summed E-state index contributed by atoms with van der Waals surface area (Å²) in [7, 11) is 0. The molecule has 2 rings (SSSR count). The predicted molar refractivity (Wildman–Crippen MR) is 67.2 cm³/mol. The van der Waals surface area contributed by atoms with Crippen molar-refractivity contribution >= 4 is 11.6 Å². The summed E-state index contributed by atoms with van der Waals surface area (Å²) in [6.07, 6.45) is 0.799. The molecule has 0 spiro atoms. The highest BCUT2D eigenvalue weighted by Crippen LogP contribution is 2.43. The van der Waals surface area contributed by atoms with Crippen LogP contribution in [-0.2, 0) is 0 Å². The zero-order valence-corrected chi connectivity index (χ0v) is 11.1. The minimum absolute atomic E-state index is 0.0898. The maximum Gasteiger partial charge on any atom is 0.143 e. The topological polar surface area (TPSA) is 21.3 Å². The van der Waals surface area contributed by atoms with E-state index in [1.54, 1.807) is 0 Å². The van der Waals surface area contributed by atoms with Gasteiger partial charge in [-0.2, -0.15) is 0 Å². The molecule has 1 atom stereocenters. The first-order valence-electron chi connectivity index (χ1n) is 5.84. The van der Waals surface area contributed by atoms with Gasteiger partial charge in [0.2, 0.25) is 0 Å². The fraction of sp³-hybridized carbons (Fsp3) is 0.538. The Bertz CT molecular complexity index is 434. The molecule has 0 aromatic heterocycles. The average Bonchev–Trinajstić information content (AvgIpc) is 2.19. The molecule has 0 aliphatic carbocycles. The molecule has 0 saturated carbocycles. The number of rotatable bonds is 2. The van der Waals surface area contributed by atoms with E-state index in [-0.39, 0.29) is 17.5 Å². The summed E-state index contributed by atoms with van der Waals surface area (Å²) in [4.78, 5) is 0. The molecule has 0 fully saturated rings. The number of halogens is 2. The Morgan fingerprint density at radius 1 is 1.53 bits per heavy atom. The summed E-state index contributed by atoms with van der Waals surface area (Å²) in [5.41, 5.74) is 0.526. The summed E-state index contributed by atoms with van der Waals surface area (Å²) in [6, 6.07) is 2.89. The van der Waals surface area contributed by atoms with Crippen molar-refractivity contribution in [2.75, 3.05) is 6.54 Å². The molecule has 1 aromatic carbocycles. The van der Waals surface area contributed by atoms with Gasteiger partial charge in [-0.25, -0.2) is 4.39 Å². The third-order valence-electron chi connectivity index (χ3n) is 2.94. The molecule has 1 N–H and O–H groups in total. The standard InChI is InChI=1S/C13H17ClFNO/c1-4-16-11-7-13(2,3)17-12-9(11)5-8(15)6-10(12)14/h5-6,11,16H,4,7H2,1-3H3. The molecule has 0 saturated heterocycles. The highest BCUT2D eigenvalue weighted by molar-refractivity contribution is 6.32. The van der Waals surface area contributed by atoms with Gasteiger partial charge in [0.1, 0.15) is 17.2 Å². The normalized spacial score (nSPS) is 21.8.